The van der Waals surface area contributed by atoms with Crippen LogP contribution < -0.4 is 5.73 Å². The van der Waals surface area contributed by atoms with Gasteiger partial charge in [0.1, 0.15) is 0 Å². The molecule has 128 valence electrons. The van der Waals surface area contributed by atoms with Crippen LogP contribution in [0, 0.1) is 6.92 Å². The molecule has 3 atom stereocenters. The lowest BCUT2D eigenvalue weighted by molar-refractivity contribution is 0.171. The predicted molar refractivity (Wildman–Crippen MR) is 95.1 cm³/mol. The van der Waals surface area contributed by atoms with Crippen molar-refractivity contribution in [3.8, 4) is 0 Å². The second-order valence-electron chi connectivity index (χ2n) is 6.36. The summed E-state index contributed by atoms with van der Waals surface area (Å²) in [5.74, 6) is -0.345. The maximum absolute atomic E-state index is 13.1. The number of rotatable bonds is 5. The van der Waals surface area contributed by atoms with Crippen molar-refractivity contribution < 1.29 is 13.2 Å². The van der Waals surface area contributed by atoms with Crippen LogP contribution in [0.15, 0.2) is 53.4 Å². The van der Waals surface area contributed by atoms with Gasteiger partial charge >= 0.3 is 0 Å². The van der Waals surface area contributed by atoms with Crippen molar-refractivity contribution in [2.75, 3.05) is 13.7 Å². The molecule has 6 heteroatoms. The zero-order valence-electron chi connectivity index (χ0n) is 13.6. The molecule has 2 aromatic rings. The third-order valence-corrected chi connectivity index (χ3v) is 7.13. The van der Waals surface area contributed by atoms with Crippen LogP contribution in [0.4, 0.5) is 0 Å². The summed E-state index contributed by atoms with van der Waals surface area (Å²) in [6.07, 6.45) is 0. The molecule has 0 saturated heterocycles. The molecule has 4 nitrogen and oxygen atoms in total. The molecular weight excluding hydrogens is 346 g/mol. The third-order valence-electron chi connectivity index (χ3n) is 4.59. The molecule has 24 heavy (non-hydrogen) atoms. The van der Waals surface area contributed by atoms with Crippen molar-refractivity contribution in [2.24, 2.45) is 5.73 Å². The van der Waals surface area contributed by atoms with E-state index in [-0.39, 0.29) is 17.4 Å². The summed E-state index contributed by atoms with van der Waals surface area (Å²) < 4.78 is 31.4. The van der Waals surface area contributed by atoms with E-state index in [4.69, 9.17) is 22.1 Å². The Morgan fingerprint density at radius 3 is 2.46 bits per heavy atom. The lowest BCUT2D eigenvalue weighted by Gasteiger charge is -2.11. The molecule has 2 aromatic carbocycles. The quantitative estimate of drug-likeness (QED) is 0.884. The number of ether oxygens (including phenoxy) is 1. The van der Waals surface area contributed by atoms with Crippen LogP contribution >= 0.6 is 11.6 Å². The second-order valence-corrected chi connectivity index (χ2v) is 8.86. The minimum absolute atomic E-state index is 0.167. The van der Waals surface area contributed by atoms with Gasteiger partial charge in [-0.1, -0.05) is 41.4 Å². The zero-order chi connectivity index (χ0) is 17.5. The van der Waals surface area contributed by atoms with E-state index in [0.717, 1.165) is 11.1 Å². The fraction of sp³-hybridized carbons (Fsp3) is 0.333. The van der Waals surface area contributed by atoms with Crippen LogP contribution in [-0.2, 0) is 14.6 Å². The molecular formula is C18H20ClNO3S. The first-order valence-electron chi connectivity index (χ1n) is 7.64. The molecule has 1 aliphatic rings. The van der Waals surface area contributed by atoms with E-state index in [1.54, 1.807) is 42.5 Å². The lowest BCUT2D eigenvalue weighted by atomic mass is 10.1. The Kier molecular flexibility index (Phi) is 4.47. The molecule has 0 heterocycles. The summed E-state index contributed by atoms with van der Waals surface area (Å²) in [7, 11) is -2.05. The average Bonchev–Trinajstić information content (AvgIpc) is 3.14. The Morgan fingerprint density at radius 2 is 1.88 bits per heavy atom. The SMILES string of the molecule is COC[C@]1(N)[C@H](c2cccc(Cl)c2)[C@@H]1S(=O)(=O)c1ccc(C)cc1. The molecule has 0 spiro atoms. The molecule has 1 fully saturated rings. The second kappa shape index (κ2) is 6.15. The van der Waals surface area contributed by atoms with Crippen LogP contribution in [0.25, 0.3) is 0 Å². The van der Waals surface area contributed by atoms with Gasteiger partial charge in [-0.15, -0.1) is 0 Å². The van der Waals surface area contributed by atoms with E-state index < -0.39 is 20.6 Å². The van der Waals surface area contributed by atoms with Gasteiger partial charge in [-0.25, -0.2) is 8.42 Å². The first-order valence-corrected chi connectivity index (χ1v) is 9.57. The summed E-state index contributed by atoms with van der Waals surface area (Å²) in [6, 6.07) is 14.0. The van der Waals surface area contributed by atoms with Gasteiger partial charge < -0.3 is 10.5 Å². The third kappa shape index (κ3) is 2.86. The summed E-state index contributed by atoms with van der Waals surface area (Å²) in [4.78, 5) is 0.286. The van der Waals surface area contributed by atoms with E-state index in [1.807, 2.05) is 13.0 Å². The Balaban J connectivity index is 2.03. The Morgan fingerprint density at radius 1 is 1.21 bits per heavy atom. The lowest BCUT2D eigenvalue weighted by Crippen LogP contribution is -2.35. The fourth-order valence-electron chi connectivity index (χ4n) is 3.37. The van der Waals surface area contributed by atoms with Gasteiger partial charge in [-0.3, -0.25) is 0 Å². The van der Waals surface area contributed by atoms with Gasteiger partial charge in [0.2, 0.25) is 0 Å². The topological polar surface area (TPSA) is 69.4 Å². The molecule has 0 unspecified atom stereocenters. The normalized spacial score (nSPS) is 26.3. The van der Waals surface area contributed by atoms with Crippen LogP contribution in [0.3, 0.4) is 0 Å². The summed E-state index contributed by atoms with van der Waals surface area (Å²) in [5, 5.41) is -0.170. The predicted octanol–water partition coefficient (Wildman–Crippen LogP) is 2.93. The first-order chi connectivity index (χ1) is 11.3. The van der Waals surface area contributed by atoms with Gasteiger partial charge in [0.25, 0.3) is 0 Å². The fourth-order valence-corrected chi connectivity index (χ4v) is 5.86. The summed E-state index contributed by atoms with van der Waals surface area (Å²) >= 11 is 6.06. The van der Waals surface area contributed by atoms with E-state index in [2.05, 4.69) is 0 Å². The number of nitrogens with two attached hydrogens (primary N) is 1. The summed E-state index contributed by atoms with van der Waals surface area (Å²) in [5.41, 5.74) is 7.31. The first kappa shape index (κ1) is 17.4. The molecule has 1 saturated carbocycles. The van der Waals surface area contributed by atoms with Crippen molar-refractivity contribution >= 4 is 21.4 Å². The van der Waals surface area contributed by atoms with E-state index in [1.165, 1.54) is 7.11 Å². The number of hydrogen-bond donors (Lipinski definition) is 1. The van der Waals surface area contributed by atoms with Crippen molar-refractivity contribution in [2.45, 2.75) is 28.5 Å². The average molecular weight is 366 g/mol. The van der Waals surface area contributed by atoms with E-state index in [9.17, 15) is 8.42 Å². The zero-order valence-corrected chi connectivity index (χ0v) is 15.1. The van der Waals surface area contributed by atoms with Crippen LogP contribution in [0.5, 0.6) is 0 Å². The highest BCUT2D eigenvalue weighted by molar-refractivity contribution is 7.92. The van der Waals surface area contributed by atoms with Gasteiger partial charge in [-0.05, 0) is 36.8 Å². The van der Waals surface area contributed by atoms with Crippen LogP contribution in [0.2, 0.25) is 5.02 Å². The van der Waals surface area contributed by atoms with Gasteiger partial charge in [-0.2, -0.15) is 0 Å². The van der Waals surface area contributed by atoms with E-state index >= 15 is 0 Å². The number of halogens is 1. The molecule has 3 rings (SSSR count). The maximum Gasteiger partial charge on any atom is 0.183 e. The minimum atomic E-state index is -3.57. The standard InChI is InChI=1S/C18H20ClNO3S/c1-12-6-8-15(9-7-12)24(21,22)17-16(18(17,20)11-23-2)13-4-3-5-14(19)10-13/h3-10,16-17H,11,20H2,1-2H3/t16-,17+,18+/m1/s1. The monoisotopic (exact) mass is 365 g/mol. The number of sulfone groups is 1. The Labute approximate surface area is 147 Å². The molecule has 0 aromatic heterocycles. The molecule has 0 amide bonds. The van der Waals surface area contributed by atoms with Crippen molar-refractivity contribution in [3.05, 3.63) is 64.7 Å². The molecule has 0 bridgehead atoms. The molecule has 1 aliphatic carbocycles. The minimum Gasteiger partial charge on any atom is -0.383 e. The van der Waals surface area contributed by atoms with Crippen molar-refractivity contribution in [3.63, 3.8) is 0 Å². The maximum atomic E-state index is 13.1. The van der Waals surface area contributed by atoms with Crippen LogP contribution in [-0.4, -0.2) is 32.9 Å². The highest BCUT2D eigenvalue weighted by Gasteiger charge is 2.69. The Bertz CT molecular complexity index is 851. The Hall–Kier alpha value is -1.40. The molecule has 0 radical (unpaired) electrons. The number of aryl methyl sites for hydroxylation is 1. The molecule has 2 N–H and O–H groups in total. The highest BCUT2D eigenvalue weighted by Crippen LogP contribution is 2.56. The number of methoxy groups -OCH3 is 1. The van der Waals surface area contributed by atoms with Crippen molar-refractivity contribution in [1.82, 2.24) is 0 Å². The highest BCUT2D eigenvalue weighted by atomic mass is 35.5. The van der Waals surface area contributed by atoms with Crippen molar-refractivity contribution in [1.29, 1.82) is 0 Å². The van der Waals surface area contributed by atoms with Gasteiger partial charge in [0.15, 0.2) is 9.84 Å². The number of hydrogen-bond acceptors (Lipinski definition) is 4. The smallest absolute Gasteiger partial charge is 0.183 e. The van der Waals surface area contributed by atoms with Gasteiger partial charge in [0, 0.05) is 18.1 Å². The largest absolute Gasteiger partial charge is 0.383 e. The van der Waals surface area contributed by atoms with E-state index in [0.29, 0.717) is 5.02 Å². The van der Waals surface area contributed by atoms with Crippen LogP contribution in [0.1, 0.15) is 17.0 Å². The summed E-state index contributed by atoms with van der Waals surface area (Å²) in [6.45, 7) is 2.08. The van der Waals surface area contributed by atoms with Gasteiger partial charge in [0.05, 0.1) is 22.3 Å². The number of benzene rings is 2. The molecule has 0 aliphatic heterocycles.